The van der Waals surface area contributed by atoms with Crippen LogP contribution >= 0.6 is 0 Å². The smallest absolute Gasteiger partial charge is 0.255 e. The normalized spacial score (nSPS) is 16.9. The number of aromatic nitrogens is 2. The molecule has 4 bridgehead atoms. The molecule has 8 N–H and O–H groups in total. The van der Waals surface area contributed by atoms with Crippen LogP contribution in [-0.2, 0) is 31.0 Å². The van der Waals surface area contributed by atoms with Gasteiger partial charge in [-0.15, -0.1) is 0 Å². The van der Waals surface area contributed by atoms with Crippen LogP contribution in [0, 0.1) is 18.3 Å². The maximum Gasteiger partial charge on any atom is 0.255 e. The van der Waals surface area contributed by atoms with Gasteiger partial charge in [-0.3, -0.25) is 24.0 Å². The number of carbonyl (C=O) groups is 5. The number of ether oxygens (including phenoxy) is 2. The number of methoxy groups -OCH3 is 1. The Morgan fingerprint density at radius 3 is 2.32 bits per heavy atom. The van der Waals surface area contributed by atoms with Gasteiger partial charge in [0.25, 0.3) is 5.91 Å². The molecule has 0 fully saturated rings. The van der Waals surface area contributed by atoms with Gasteiger partial charge in [-0.05, 0) is 73.2 Å². The standard InChI is InChI=1S/C46H56N10O7/c1-26-34(25-51-40(52-26)29-9-12-31(13-10-29)46(3,4)5)42(58)54-35(16-17-47)45(61)56(6)39-30-11-15-37(62-7)33(24-30)32-22-28(8-14-38(32)63-21-19-49)23-36(43(59)50-20-18-48)55-41(57)27(2)53-44(39)60/h8-15,22,24-25,27,35-36,39H,16-17,19-21,23,47,49H2,1-7H3,(H,50,59)(H,53,60)(H,54,58)(H,55,57). The highest BCUT2D eigenvalue weighted by Gasteiger charge is 2.36. The average molecular weight is 861 g/mol. The molecule has 17 nitrogen and oxygen atoms in total. The molecule has 5 rings (SSSR count). The minimum Gasteiger partial charge on any atom is -0.496 e. The summed E-state index contributed by atoms with van der Waals surface area (Å²) in [5.74, 6) is -2.07. The van der Waals surface area contributed by atoms with E-state index in [0.717, 1.165) is 11.1 Å². The summed E-state index contributed by atoms with van der Waals surface area (Å²) < 4.78 is 11.8. The summed E-state index contributed by atoms with van der Waals surface area (Å²) in [7, 11) is 2.90. The third kappa shape index (κ3) is 11.3. The number of likely N-dealkylation sites (N-methyl/N-ethyl adjacent to an activating group) is 1. The van der Waals surface area contributed by atoms with E-state index < -0.39 is 53.7 Å². The number of nitrogens with two attached hydrogens (primary N) is 2. The SMILES string of the molecule is COc1ccc2cc1-c1cc(ccc1OCCN)CC(C(=O)NCC#N)NC(=O)C(C)NC(=O)C2N(C)C(=O)C(CCN)NC(=O)c1cnc(-c2ccc(C(C)(C)C)cc2)nc1C. The molecule has 0 radical (unpaired) electrons. The van der Waals surface area contributed by atoms with Gasteiger partial charge >= 0.3 is 0 Å². The molecule has 332 valence electrons. The van der Waals surface area contributed by atoms with Gasteiger partial charge in [-0.1, -0.05) is 57.2 Å². The van der Waals surface area contributed by atoms with E-state index >= 15 is 0 Å². The molecule has 0 aliphatic carbocycles. The minimum absolute atomic E-state index is 0.00921. The van der Waals surface area contributed by atoms with Crippen LogP contribution in [-0.4, -0.2) is 103 Å². The van der Waals surface area contributed by atoms with Gasteiger partial charge in [-0.25, -0.2) is 9.97 Å². The van der Waals surface area contributed by atoms with Crippen molar-refractivity contribution in [3.05, 3.63) is 94.8 Å². The second-order valence-electron chi connectivity index (χ2n) is 16.3. The zero-order chi connectivity index (χ0) is 46.0. The number of hydrogen-bond acceptors (Lipinski definition) is 12. The number of rotatable bonds is 13. The van der Waals surface area contributed by atoms with Crippen molar-refractivity contribution in [3.63, 3.8) is 0 Å². The lowest BCUT2D eigenvalue weighted by Crippen LogP contribution is -2.56. The summed E-state index contributed by atoms with van der Waals surface area (Å²) in [6, 6.07) is 15.0. The van der Waals surface area contributed by atoms with Crippen LogP contribution in [0.2, 0.25) is 0 Å². The first-order valence-corrected chi connectivity index (χ1v) is 20.6. The maximum atomic E-state index is 14.6. The molecule has 1 aliphatic rings. The highest BCUT2D eigenvalue weighted by molar-refractivity contribution is 6.00. The Labute approximate surface area is 367 Å². The molecular formula is C46H56N10O7. The number of nitrogens with zero attached hydrogens (tertiary/aromatic N) is 4. The topological polar surface area (TPSA) is 257 Å². The molecule has 5 amide bonds. The van der Waals surface area contributed by atoms with Crippen LogP contribution in [0.15, 0.2) is 66.9 Å². The fraction of sp³-hybridized carbons (Fsp3) is 0.391. The molecule has 17 heteroatoms. The number of nitriles is 1. The number of amides is 5. The van der Waals surface area contributed by atoms with Gasteiger partial charge in [0.2, 0.25) is 23.6 Å². The van der Waals surface area contributed by atoms with E-state index in [1.54, 1.807) is 43.3 Å². The van der Waals surface area contributed by atoms with Crippen molar-refractivity contribution in [1.82, 2.24) is 36.1 Å². The summed E-state index contributed by atoms with van der Waals surface area (Å²) in [6.07, 6.45) is 1.44. The van der Waals surface area contributed by atoms with Crippen LogP contribution in [0.3, 0.4) is 0 Å². The number of hydrogen-bond donors (Lipinski definition) is 6. The first-order chi connectivity index (χ1) is 30.0. The van der Waals surface area contributed by atoms with Crippen molar-refractivity contribution in [2.75, 3.05) is 40.4 Å². The lowest BCUT2D eigenvalue weighted by atomic mass is 9.87. The first kappa shape index (κ1) is 47.2. The molecular weight excluding hydrogens is 805 g/mol. The van der Waals surface area contributed by atoms with Gasteiger partial charge < -0.3 is 47.1 Å². The van der Waals surface area contributed by atoms with E-state index in [0.29, 0.717) is 45.3 Å². The Kier molecular flexibility index (Phi) is 15.6. The highest BCUT2D eigenvalue weighted by atomic mass is 16.5. The Morgan fingerprint density at radius 2 is 1.68 bits per heavy atom. The van der Waals surface area contributed by atoms with Crippen molar-refractivity contribution in [1.29, 1.82) is 5.26 Å². The summed E-state index contributed by atoms with van der Waals surface area (Å²) >= 11 is 0. The van der Waals surface area contributed by atoms with Crippen molar-refractivity contribution in [2.45, 2.75) is 77.0 Å². The van der Waals surface area contributed by atoms with Crippen LogP contribution in [0.1, 0.15) is 72.9 Å². The fourth-order valence-electron chi connectivity index (χ4n) is 7.20. The first-order valence-electron chi connectivity index (χ1n) is 20.6. The quantitative estimate of drug-likeness (QED) is 0.106. The molecule has 4 atom stereocenters. The van der Waals surface area contributed by atoms with Crippen LogP contribution < -0.4 is 42.2 Å². The molecule has 1 aromatic heterocycles. The monoisotopic (exact) mass is 860 g/mol. The Bertz CT molecular complexity index is 2370. The van der Waals surface area contributed by atoms with E-state index in [4.69, 9.17) is 26.2 Å². The Hall–Kier alpha value is -6.90. The molecule has 0 saturated heterocycles. The van der Waals surface area contributed by atoms with Gasteiger partial charge in [0.1, 0.15) is 48.8 Å². The van der Waals surface area contributed by atoms with Gasteiger partial charge in [0, 0.05) is 42.9 Å². The fourth-order valence-corrected chi connectivity index (χ4v) is 7.20. The third-order valence-corrected chi connectivity index (χ3v) is 10.7. The largest absolute Gasteiger partial charge is 0.496 e. The summed E-state index contributed by atoms with van der Waals surface area (Å²) in [4.78, 5) is 80.1. The zero-order valence-electron chi connectivity index (χ0n) is 36.7. The van der Waals surface area contributed by atoms with E-state index in [1.165, 1.54) is 32.2 Å². The number of benzene rings is 3. The Morgan fingerprint density at radius 1 is 0.984 bits per heavy atom. The second kappa shape index (κ2) is 20.8. The van der Waals surface area contributed by atoms with Crippen LogP contribution in [0.5, 0.6) is 11.5 Å². The van der Waals surface area contributed by atoms with Crippen molar-refractivity contribution >= 4 is 29.5 Å². The van der Waals surface area contributed by atoms with Crippen LogP contribution in [0.25, 0.3) is 22.5 Å². The summed E-state index contributed by atoms with van der Waals surface area (Å²) in [6.45, 7) is 9.59. The summed E-state index contributed by atoms with van der Waals surface area (Å²) in [5.41, 5.74) is 16.2. The van der Waals surface area contributed by atoms with E-state index in [2.05, 4.69) is 52.0 Å². The number of carbonyl (C=O) groups excluding carboxylic acids is 5. The zero-order valence-corrected chi connectivity index (χ0v) is 36.7. The summed E-state index contributed by atoms with van der Waals surface area (Å²) in [5, 5.41) is 19.8. The van der Waals surface area contributed by atoms with E-state index in [-0.39, 0.29) is 50.1 Å². The lowest BCUT2D eigenvalue weighted by Gasteiger charge is -2.32. The van der Waals surface area contributed by atoms with Gasteiger partial charge in [-0.2, -0.15) is 5.26 Å². The second-order valence-corrected chi connectivity index (χ2v) is 16.3. The molecule has 4 aromatic rings. The minimum atomic E-state index is -1.38. The predicted octanol–water partition coefficient (Wildman–Crippen LogP) is 2.59. The predicted molar refractivity (Wildman–Crippen MR) is 236 cm³/mol. The lowest BCUT2D eigenvalue weighted by molar-refractivity contribution is -0.141. The van der Waals surface area contributed by atoms with Crippen molar-refractivity contribution in [2.24, 2.45) is 11.5 Å². The molecule has 2 heterocycles. The van der Waals surface area contributed by atoms with E-state index in [9.17, 15) is 24.0 Å². The molecule has 0 spiro atoms. The molecule has 4 unspecified atom stereocenters. The van der Waals surface area contributed by atoms with Crippen molar-refractivity contribution in [3.8, 4) is 40.1 Å². The number of aryl methyl sites for hydroxylation is 1. The van der Waals surface area contributed by atoms with Crippen molar-refractivity contribution < 1.29 is 33.4 Å². The van der Waals surface area contributed by atoms with Crippen LogP contribution in [0.4, 0.5) is 0 Å². The molecule has 3 aromatic carbocycles. The average Bonchev–Trinajstić information content (AvgIpc) is 3.26. The molecule has 0 saturated carbocycles. The molecule has 63 heavy (non-hydrogen) atoms. The van der Waals surface area contributed by atoms with Gasteiger partial charge in [0.05, 0.1) is 24.4 Å². The number of fused-ring (bicyclic) bond motifs is 5. The third-order valence-electron chi connectivity index (χ3n) is 10.7. The number of nitrogens with one attached hydrogen (secondary N) is 4. The molecule has 1 aliphatic heterocycles. The van der Waals surface area contributed by atoms with Gasteiger partial charge in [0.15, 0.2) is 5.82 Å². The maximum absolute atomic E-state index is 14.6. The highest BCUT2D eigenvalue weighted by Crippen LogP contribution is 2.40. The Balaban J connectivity index is 1.53. The van der Waals surface area contributed by atoms with E-state index in [1.807, 2.05) is 30.3 Å².